The maximum Gasteiger partial charge on any atom is 0.335 e. The molecule has 0 aliphatic rings. The van der Waals surface area contributed by atoms with Gasteiger partial charge in [0.2, 0.25) is 0 Å². The lowest BCUT2D eigenvalue weighted by Crippen LogP contribution is -1.84. The zero-order chi connectivity index (χ0) is 32.9. The number of benzene rings is 8. The van der Waals surface area contributed by atoms with E-state index in [4.69, 9.17) is 8.42 Å². The van der Waals surface area contributed by atoms with E-state index in [1.807, 2.05) is 146 Å². The lowest BCUT2D eigenvalue weighted by atomic mass is 9.96. The number of phenols is 4. The second kappa shape index (κ2) is 13.4. The molecule has 0 heterocycles. The number of rotatable bonds is 2. The Labute approximate surface area is 273 Å². The minimum Gasteiger partial charge on any atom is -0.507 e. The van der Waals surface area contributed by atoms with E-state index >= 15 is 0 Å². The van der Waals surface area contributed by atoms with Crippen LogP contribution < -0.4 is 0 Å². The number of phenolic OH excluding ortho intramolecular Hbond substituents is 4. The van der Waals surface area contributed by atoms with Crippen LogP contribution in [-0.4, -0.2) is 28.8 Å². The summed E-state index contributed by atoms with van der Waals surface area (Å²) in [6.07, 6.45) is 0. The van der Waals surface area contributed by atoms with Crippen molar-refractivity contribution in [3.63, 3.8) is 0 Å². The molecule has 0 radical (unpaired) electrons. The molecular weight excluding hydrogens is 609 g/mol. The van der Waals surface area contributed by atoms with Crippen LogP contribution >= 0.6 is 0 Å². The Bertz CT molecular complexity index is 2120. The van der Waals surface area contributed by atoms with E-state index in [1.54, 1.807) is 0 Å². The van der Waals surface area contributed by atoms with Crippen molar-refractivity contribution in [1.29, 1.82) is 0 Å². The highest BCUT2D eigenvalue weighted by Gasteiger charge is 2.15. The Morgan fingerprint density at radius 2 is 0.489 bits per heavy atom. The smallest absolute Gasteiger partial charge is 0.335 e. The Morgan fingerprint density at radius 1 is 0.298 bits per heavy atom. The van der Waals surface area contributed by atoms with E-state index in [2.05, 4.69) is 0 Å². The fraction of sp³-hybridized carbons (Fsp3) is 0. The van der Waals surface area contributed by atoms with Crippen LogP contribution in [-0.2, 0) is 11.6 Å². The molecule has 8 rings (SSSR count). The molecule has 0 aliphatic carbocycles. The largest absolute Gasteiger partial charge is 0.507 e. The van der Waals surface area contributed by atoms with Crippen molar-refractivity contribution in [2.75, 3.05) is 0 Å². The summed E-state index contributed by atoms with van der Waals surface area (Å²) in [6.45, 7) is 0. The van der Waals surface area contributed by atoms with E-state index in [0.29, 0.717) is 22.3 Å². The predicted molar refractivity (Wildman–Crippen MR) is 189 cm³/mol. The van der Waals surface area contributed by atoms with Crippen molar-refractivity contribution in [3.05, 3.63) is 146 Å². The molecule has 0 amide bonds. The zero-order valence-electron chi connectivity index (χ0n) is 24.9. The molecule has 8 aromatic rings. The van der Waals surface area contributed by atoms with Crippen molar-refractivity contribution in [1.82, 2.24) is 0 Å². The molecule has 0 saturated heterocycles. The fourth-order valence-corrected chi connectivity index (χ4v) is 5.89. The quantitative estimate of drug-likeness (QED) is 0.150. The Hall–Kier alpha value is -6.18. The molecule has 0 bridgehead atoms. The first kappa shape index (κ1) is 30.8. The Morgan fingerprint density at radius 3 is 0.702 bits per heavy atom. The van der Waals surface area contributed by atoms with Gasteiger partial charge in [-0.05, 0) is 45.8 Å². The molecule has 7 heteroatoms. The van der Waals surface area contributed by atoms with Crippen molar-refractivity contribution in [2.24, 2.45) is 0 Å². The van der Waals surface area contributed by atoms with E-state index in [0.717, 1.165) is 43.1 Å². The highest BCUT2D eigenvalue weighted by molar-refractivity contribution is 7.51. The van der Waals surface area contributed by atoms with E-state index in [9.17, 15) is 20.4 Å². The van der Waals surface area contributed by atoms with Gasteiger partial charge in [-0.15, -0.1) is 0 Å². The number of hydrogen-bond acceptors (Lipinski definition) is 6. The minimum absolute atomic E-state index is 0.198. The van der Waals surface area contributed by atoms with Crippen LogP contribution in [0.25, 0.3) is 65.3 Å². The summed E-state index contributed by atoms with van der Waals surface area (Å²) in [5.41, 5.74) is 2.56. The molecule has 0 spiro atoms. The van der Waals surface area contributed by atoms with Crippen LogP contribution in [0, 0.1) is 0 Å². The number of hydrogen-bond donors (Lipinski definition) is 4. The summed E-state index contributed by atoms with van der Waals surface area (Å²) in [4.78, 5) is 0. The predicted octanol–water partition coefficient (Wildman–Crippen LogP) is 9.47. The first-order valence-electron chi connectivity index (χ1n) is 14.7. The topological polar surface area (TPSA) is 115 Å². The standard InChI is InChI=1S/2C20H14O2.O2S/c2*21-19-15-7-3-1-5-13(15)9-11-17(19)18-12-10-14-6-2-4-8-16(14)20(18)22;1-3-2/h2*1-12,21-22H;. The molecule has 0 aliphatic heterocycles. The van der Waals surface area contributed by atoms with E-state index in [-0.39, 0.29) is 23.0 Å². The molecule has 0 unspecified atom stereocenters. The first-order valence-corrected chi connectivity index (χ1v) is 15.3. The SMILES string of the molecule is O=S=O.Oc1c(-c2ccc3ccccc3c2O)ccc2ccccc12.Oc1c(-c2ccc3ccccc3c2O)ccc2ccccc12. The third-order valence-corrected chi connectivity index (χ3v) is 8.18. The highest BCUT2D eigenvalue weighted by atomic mass is 32.1. The second-order valence-electron chi connectivity index (χ2n) is 10.8. The molecule has 8 aromatic carbocycles. The molecule has 0 aromatic heterocycles. The zero-order valence-corrected chi connectivity index (χ0v) is 25.7. The van der Waals surface area contributed by atoms with Gasteiger partial charge in [-0.1, -0.05) is 121 Å². The summed E-state index contributed by atoms with van der Waals surface area (Å²) < 4.78 is 16.6. The fourth-order valence-electron chi connectivity index (χ4n) is 5.89. The molecule has 0 saturated carbocycles. The van der Waals surface area contributed by atoms with Gasteiger partial charge in [-0.3, -0.25) is 0 Å². The number of fused-ring (bicyclic) bond motifs is 4. The van der Waals surface area contributed by atoms with Crippen molar-refractivity contribution < 1.29 is 28.8 Å². The van der Waals surface area contributed by atoms with Gasteiger partial charge in [0, 0.05) is 43.8 Å². The molecule has 0 fully saturated rings. The molecule has 0 atom stereocenters. The van der Waals surface area contributed by atoms with Crippen molar-refractivity contribution in [2.45, 2.75) is 0 Å². The van der Waals surface area contributed by atoms with E-state index < -0.39 is 11.6 Å². The van der Waals surface area contributed by atoms with Crippen LogP contribution in [0.2, 0.25) is 0 Å². The molecule has 4 N–H and O–H groups in total. The first-order chi connectivity index (χ1) is 22.9. The van der Waals surface area contributed by atoms with Gasteiger partial charge in [0.05, 0.1) is 0 Å². The van der Waals surface area contributed by atoms with Gasteiger partial charge in [-0.2, -0.15) is 8.42 Å². The average molecular weight is 637 g/mol. The molecule has 230 valence electrons. The lowest BCUT2D eigenvalue weighted by molar-refractivity contribution is 0.475. The summed E-state index contributed by atoms with van der Waals surface area (Å²) in [7, 11) is 0. The summed E-state index contributed by atoms with van der Waals surface area (Å²) in [5.74, 6) is 0.791. The third-order valence-electron chi connectivity index (χ3n) is 8.18. The summed E-state index contributed by atoms with van der Waals surface area (Å²) >= 11 is -0.750. The minimum atomic E-state index is -0.750. The van der Waals surface area contributed by atoms with Crippen LogP contribution in [0.3, 0.4) is 0 Å². The van der Waals surface area contributed by atoms with Crippen LogP contribution in [0.5, 0.6) is 23.0 Å². The average Bonchev–Trinajstić information content (AvgIpc) is 3.11. The van der Waals surface area contributed by atoms with Crippen molar-refractivity contribution in [3.8, 4) is 45.3 Å². The van der Waals surface area contributed by atoms with E-state index in [1.165, 1.54) is 0 Å². The van der Waals surface area contributed by atoms with Gasteiger partial charge in [0.1, 0.15) is 23.0 Å². The van der Waals surface area contributed by atoms with Gasteiger partial charge in [0.25, 0.3) is 0 Å². The summed E-state index contributed by atoms with van der Waals surface area (Å²) in [5, 5.41) is 49.4. The summed E-state index contributed by atoms with van der Waals surface area (Å²) in [6, 6.07) is 45.9. The Balaban J connectivity index is 0.000000152. The molecular formula is C40H28O6S. The third kappa shape index (κ3) is 5.95. The van der Waals surface area contributed by atoms with Gasteiger partial charge >= 0.3 is 11.6 Å². The molecule has 47 heavy (non-hydrogen) atoms. The monoisotopic (exact) mass is 636 g/mol. The molecule has 6 nitrogen and oxygen atoms in total. The normalized spacial score (nSPS) is 10.6. The lowest BCUT2D eigenvalue weighted by Gasteiger charge is -2.11. The van der Waals surface area contributed by atoms with Gasteiger partial charge < -0.3 is 20.4 Å². The highest BCUT2D eigenvalue weighted by Crippen LogP contribution is 2.43. The van der Waals surface area contributed by atoms with Crippen LogP contribution in [0.4, 0.5) is 0 Å². The maximum absolute atomic E-state index is 10.6. The van der Waals surface area contributed by atoms with Gasteiger partial charge in [-0.25, -0.2) is 0 Å². The van der Waals surface area contributed by atoms with Crippen LogP contribution in [0.1, 0.15) is 0 Å². The van der Waals surface area contributed by atoms with Gasteiger partial charge in [0.15, 0.2) is 0 Å². The Kier molecular flexibility index (Phi) is 8.82. The van der Waals surface area contributed by atoms with Crippen molar-refractivity contribution >= 4 is 54.7 Å². The number of aromatic hydroxyl groups is 4. The maximum atomic E-state index is 10.6. The second-order valence-corrected chi connectivity index (χ2v) is 10.9. The van der Waals surface area contributed by atoms with Crippen LogP contribution in [0.15, 0.2) is 146 Å².